The van der Waals surface area contributed by atoms with E-state index in [2.05, 4.69) is 63.8 Å². The number of nitrogens with zero attached hydrogens (tertiary/aromatic N) is 2. The number of unbranched alkanes of at least 4 members (excludes halogenated alkanes) is 2. The quantitative estimate of drug-likeness (QED) is 0.136. The van der Waals surface area contributed by atoms with Crippen LogP contribution in [0.4, 0.5) is 0 Å². The molecule has 1 aromatic rings. The molecule has 3 aliphatic rings. The van der Waals surface area contributed by atoms with E-state index in [4.69, 9.17) is 14.7 Å². The van der Waals surface area contributed by atoms with E-state index < -0.39 is 0 Å². The van der Waals surface area contributed by atoms with Gasteiger partial charge in [-0.3, -0.25) is 4.79 Å². The van der Waals surface area contributed by atoms with Crippen LogP contribution in [0.1, 0.15) is 122 Å². The fourth-order valence-corrected chi connectivity index (χ4v) is 6.74. The number of hydrogen-bond acceptors (Lipinski definition) is 5. The molecule has 4 rings (SSSR count). The van der Waals surface area contributed by atoms with Gasteiger partial charge in [0.25, 0.3) is 0 Å². The van der Waals surface area contributed by atoms with E-state index >= 15 is 0 Å². The van der Waals surface area contributed by atoms with Gasteiger partial charge in [0.2, 0.25) is 0 Å². The van der Waals surface area contributed by atoms with Crippen LogP contribution < -0.4 is 9.47 Å². The van der Waals surface area contributed by atoms with Gasteiger partial charge in [0, 0.05) is 30.2 Å². The fourth-order valence-electron chi connectivity index (χ4n) is 6.74. The molecule has 0 unspecified atom stereocenters. The van der Waals surface area contributed by atoms with Crippen LogP contribution in [-0.4, -0.2) is 36.1 Å². The molecule has 1 saturated heterocycles. The summed E-state index contributed by atoms with van der Waals surface area (Å²) in [5.74, 6) is 2.07. The molecule has 0 aromatic heterocycles. The van der Waals surface area contributed by atoms with Crippen LogP contribution in [0, 0.1) is 17.2 Å². The van der Waals surface area contributed by atoms with E-state index in [-0.39, 0.29) is 22.9 Å². The molecule has 208 valence electrons. The van der Waals surface area contributed by atoms with Gasteiger partial charge in [0.15, 0.2) is 0 Å². The number of hydrogen-bond donors (Lipinski definition) is 0. The lowest BCUT2D eigenvalue weighted by atomic mass is 9.66. The third-order valence-electron chi connectivity index (χ3n) is 9.14. The van der Waals surface area contributed by atoms with Crippen LogP contribution in [0.3, 0.4) is 0 Å². The first-order valence-corrected chi connectivity index (χ1v) is 14.9. The van der Waals surface area contributed by atoms with Crippen molar-refractivity contribution in [3.8, 4) is 17.6 Å². The molecule has 0 bridgehead atoms. The number of carbonyl (C=O) groups excluding carboxylic acids is 1. The highest BCUT2D eigenvalue weighted by molar-refractivity contribution is 5.74. The van der Waals surface area contributed by atoms with Gasteiger partial charge in [-0.2, -0.15) is 5.26 Å². The van der Waals surface area contributed by atoms with Crippen LogP contribution >= 0.6 is 0 Å². The van der Waals surface area contributed by atoms with Crippen molar-refractivity contribution in [1.29, 1.82) is 5.26 Å². The van der Waals surface area contributed by atoms with Crippen molar-refractivity contribution in [1.82, 2.24) is 4.90 Å². The van der Waals surface area contributed by atoms with Gasteiger partial charge in [-0.1, -0.05) is 38.3 Å². The second-order valence-electron chi connectivity index (χ2n) is 13.0. The zero-order valence-corrected chi connectivity index (χ0v) is 24.4. The van der Waals surface area contributed by atoms with Crippen molar-refractivity contribution >= 4 is 5.97 Å². The molecule has 0 amide bonds. The van der Waals surface area contributed by atoms with Crippen molar-refractivity contribution in [3.63, 3.8) is 0 Å². The predicted octanol–water partition coefficient (Wildman–Crippen LogP) is 7.83. The summed E-state index contributed by atoms with van der Waals surface area (Å²) in [4.78, 5) is 15.7. The lowest BCUT2D eigenvalue weighted by Crippen LogP contribution is -2.45. The number of carbonyl (C=O) groups is 1. The van der Waals surface area contributed by atoms with Crippen LogP contribution in [0.25, 0.3) is 0 Å². The molecule has 1 aliphatic carbocycles. The third-order valence-corrected chi connectivity index (χ3v) is 9.14. The predicted molar refractivity (Wildman–Crippen MR) is 153 cm³/mol. The Morgan fingerprint density at radius 2 is 1.95 bits per heavy atom. The largest absolute Gasteiger partial charge is 0.487 e. The van der Waals surface area contributed by atoms with Gasteiger partial charge in [-0.05, 0) is 108 Å². The summed E-state index contributed by atoms with van der Waals surface area (Å²) in [6.45, 7) is 14.4. The standard InChI is InChI=1S/C33H48N2O3/c1-24-14-15-27-26(21-24)31-28(37-30(36)13-12-20-35-18-10-7-11-19-35)22-25(23-29(31)38-33(27,4)5)32(2,3)16-8-6-9-17-34/h14,22-23,26-27H,6-13,15-16,18-21H2,1-5H3/t26-,27-/m1/s1. The number of nitriles is 1. The fraction of sp³-hybridized carbons (Fsp3) is 0.697. The van der Waals surface area contributed by atoms with E-state index in [1.165, 1.54) is 24.8 Å². The maximum Gasteiger partial charge on any atom is 0.311 e. The average molecular weight is 521 g/mol. The maximum absolute atomic E-state index is 13.2. The monoisotopic (exact) mass is 520 g/mol. The Balaban J connectivity index is 1.60. The Labute approximate surface area is 230 Å². The Kier molecular flexibility index (Phi) is 9.24. The lowest BCUT2D eigenvalue weighted by molar-refractivity contribution is -0.134. The van der Waals surface area contributed by atoms with Gasteiger partial charge in [-0.15, -0.1) is 0 Å². The molecule has 2 atom stereocenters. The molecule has 1 fully saturated rings. The molecule has 0 N–H and O–H groups in total. The van der Waals surface area contributed by atoms with Gasteiger partial charge in [-0.25, -0.2) is 0 Å². The first-order valence-electron chi connectivity index (χ1n) is 14.9. The highest BCUT2D eigenvalue weighted by atomic mass is 16.5. The van der Waals surface area contributed by atoms with E-state index in [1.807, 2.05) is 0 Å². The zero-order valence-electron chi connectivity index (χ0n) is 24.4. The second kappa shape index (κ2) is 12.2. The maximum atomic E-state index is 13.2. The van der Waals surface area contributed by atoms with Crippen LogP contribution in [0.15, 0.2) is 23.8 Å². The second-order valence-corrected chi connectivity index (χ2v) is 13.0. The Morgan fingerprint density at radius 1 is 1.18 bits per heavy atom. The molecule has 2 aliphatic heterocycles. The summed E-state index contributed by atoms with van der Waals surface area (Å²) in [7, 11) is 0. The minimum Gasteiger partial charge on any atom is -0.487 e. The number of likely N-dealkylation sites (tertiary alicyclic amines) is 1. The molecule has 0 spiro atoms. The van der Waals surface area contributed by atoms with Crippen LogP contribution in [0.2, 0.25) is 0 Å². The number of rotatable bonds is 10. The van der Waals surface area contributed by atoms with Gasteiger partial charge in [0.05, 0.1) is 6.07 Å². The topological polar surface area (TPSA) is 62.6 Å². The first-order chi connectivity index (χ1) is 18.1. The number of esters is 1. The van der Waals surface area contributed by atoms with E-state index in [0.717, 1.165) is 75.0 Å². The normalized spacial score (nSPS) is 22.9. The number of ether oxygens (including phenoxy) is 2. The summed E-state index contributed by atoms with van der Waals surface area (Å²) >= 11 is 0. The molecular weight excluding hydrogens is 472 g/mol. The Morgan fingerprint density at radius 3 is 2.68 bits per heavy atom. The van der Waals surface area contributed by atoms with Crippen molar-refractivity contribution in [3.05, 3.63) is 34.9 Å². The van der Waals surface area contributed by atoms with Crippen molar-refractivity contribution in [2.75, 3.05) is 19.6 Å². The molecule has 0 saturated carbocycles. The summed E-state index contributed by atoms with van der Waals surface area (Å²) in [5.41, 5.74) is 3.21. The van der Waals surface area contributed by atoms with Crippen LogP contribution in [-0.2, 0) is 10.2 Å². The van der Waals surface area contributed by atoms with Crippen molar-refractivity contribution in [2.45, 2.75) is 122 Å². The molecule has 5 heteroatoms. The molecular formula is C33H48N2O3. The van der Waals surface area contributed by atoms with Crippen molar-refractivity contribution in [2.24, 2.45) is 5.92 Å². The van der Waals surface area contributed by atoms with Gasteiger partial charge in [0.1, 0.15) is 17.1 Å². The van der Waals surface area contributed by atoms with Crippen molar-refractivity contribution < 1.29 is 14.3 Å². The van der Waals surface area contributed by atoms with E-state index in [1.54, 1.807) is 0 Å². The van der Waals surface area contributed by atoms with Gasteiger partial charge >= 0.3 is 5.97 Å². The summed E-state index contributed by atoms with van der Waals surface area (Å²) in [6.07, 6.45) is 12.9. The highest BCUT2D eigenvalue weighted by Gasteiger charge is 2.46. The molecule has 0 radical (unpaired) electrons. The number of fused-ring (bicyclic) bond motifs is 3. The number of benzene rings is 1. The molecule has 38 heavy (non-hydrogen) atoms. The minimum absolute atomic E-state index is 0.118. The molecule has 1 aromatic carbocycles. The smallest absolute Gasteiger partial charge is 0.311 e. The average Bonchev–Trinajstić information content (AvgIpc) is 2.86. The number of allylic oxidation sites excluding steroid dienone is 2. The molecule has 5 nitrogen and oxygen atoms in total. The summed E-state index contributed by atoms with van der Waals surface area (Å²) in [6, 6.07) is 6.59. The summed E-state index contributed by atoms with van der Waals surface area (Å²) in [5, 5.41) is 8.94. The highest BCUT2D eigenvalue weighted by Crippen LogP contribution is 2.55. The van der Waals surface area contributed by atoms with Gasteiger partial charge < -0.3 is 14.4 Å². The molecule has 2 heterocycles. The number of piperidine rings is 1. The van der Waals surface area contributed by atoms with E-state index in [0.29, 0.717) is 24.5 Å². The third kappa shape index (κ3) is 6.81. The lowest BCUT2D eigenvalue weighted by Gasteiger charge is -2.47. The zero-order chi connectivity index (χ0) is 27.3. The van der Waals surface area contributed by atoms with E-state index in [9.17, 15) is 4.79 Å². The summed E-state index contributed by atoms with van der Waals surface area (Å²) < 4.78 is 12.9. The Bertz CT molecular complexity index is 1060. The first kappa shape index (κ1) is 28.7. The minimum atomic E-state index is -0.292. The Hall–Kier alpha value is -2.32. The SMILES string of the molecule is CC1=CC[C@@H]2[C@@H](C1)c1c(OC(=O)CCCN3CCCCC3)cc(C(C)(C)CCCCC#N)cc1OC2(C)C. The van der Waals surface area contributed by atoms with Crippen LogP contribution in [0.5, 0.6) is 11.5 Å².